The van der Waals surface area contributed by atoms with E-state index in [2.05, 4.69) is 4.98 Å². The molecule has 3 rings (SSSR count). The van der Waals surface area contributed by atoms with Crippen molar-refractivity contribution < 1.29 is 14.3 Å². The quantitative estimate of drug-likeness (QED) is 0.327. The number of ketones is 1. The first-order chi connectivity index (χ1) is 13.0. The number of aryl methyl sites for hydroxylation is 1. The number of Topliss-reactive ketones (excluding diaryl/α,β-unsaturated/α-hetero) is 1. The van der Waals surface area contributed by atoms with Gasteiger partial charge in [-0.15, -0.1) is 23.1 Å². The van der Waals surface area contributed by atoms with Crippen molar-refractivity contribution in [2.75, 3.05) is 12.4 Å². The maximum absolute atomic E-state index is 12.6. The van der Waals surface area contributed by atoms with Crippen LogP contribution in [0.2, 0.25) is 0 Å². The van der Waals surface area contributed by atoms with Gasteiger partial charge in [0.2, 0.25) is 5.78 Å². The van der Waals surface area contributed by atoms with Gasteiger partial charge in [0.05, 0.1) is 5.56 Å². The first kappa shape index (κ1) is 19.4. The number of aromatic nitrogens is 2. The van der Waals surface area contributed by atoms with Crippen molar-refractivity contribution in [2.24, 2.45) is 0 Å². The summed E-state index contributed by atoms with van der Waals surface area (Å²) in [4.78, 5) is 30.2. The van der Waals surface area contributed by atoms with Crippen molar-refractivity contribution in [3.05, 3.63) is 64.4 Å². The normalized spacial score (nSPS) is 10.8. The summed E-state index contributed by atoms with van der Waals surface area (Å²) in [6, 6.07) is 9.09. The predicted octanol–water partition coefficient (Wildman–Crippen LogP) is 4.70. The molecule has 0 saturated heterocycles. The molecule has 0 fully saturated rings. The zero-order valence-electron chi connectivity index (χ0n) is 15.4. The fourth-order valence-electron chi connectivity index (χ4n) is 2.87. The van der Waals surface area contributed by atoms with E-state index in [0.717, 1.165) is 27.2 Å². The first-order valence-corrected chi connectivity index (χ1v) is 10.4. The van der Waals surface area contributed by atoms with E-state index >= 15 is 0 Å². The molecule has 0 aliphatic rings. The Hall–Kier alpha value is -2.38. The molecule has 0 atom stereocenters. The molecule has 7 heteroatoms. The van der Waals surface area contributed by atoms with E-state index in [4.69, 9.17) is 4.74 Å². The molecule has 1 aromatic carbocycles. The number of thiazole rings is 1. The minimum Gasteiger partial charge on any atom is -0.454 e. The molecule has 140 valence electrons. The minimum atomic E-state index is -0.478. The van der Waals surface area contributed by atoms with Crippen LogP contribution in [0.1, 0.15) is 39.0 Å². The highest BCUT2D eigenvalue weighted by Gasteiger charge is 2.20. The molecule has 0 aliphatic carbocycles. The minimum absolute atomic E-state index is 0.222. The van der Waals surface area contributed by atoms with Crippen LogP contribution in [-0.2, 0) is 4.74 Å². The Bertz CT molecular complexity index is 962. The Balaban J connectivity index is 1.74. The third-order valence-electron chi connectivity index (χ3n) is 4.08. The van der Waals surface area contributed by atoms with Crippen molar-refractivity contribution >= 4 is 34.9 Å². The van der Waals surface area contributed by atoms with Gasteiger partial charge in [-0.25, -0.2) is 9.78 Å². The van der Waals surface area contributed by atoms with Crippen LogP contribution in [0.15, 0.2) is 46.8 Å². The molecule has 0 unspecified atom stereocenters. The molecule has 2 aromatic heterocycles. The van der Waals surface area contributed by atoms with Gasteiger partial charge < -0.3 is 4.74 Å². The maximum atomic E-state index is 12.6. The summed E-state index contributed by atoms with van der Waals surface area (Å²) in [7, 11) is 0. The van der Waals surface area contributed by atoms with Crippen molar-refractivity contribution in [3.8, 4) is 5.13 Å². The number of esters is 1. The Kier molecular flexibility index (Phi) is 6.13. The third-order valence-corrected chi connectivity index (χ3v) is 5.80. The summed E-state index contributed by atoms with van der Waals surface area (Å²) in [5.41, 5.74) is 2.75. The summed E-state index contributed by atoms with van der Waals surface area (Å²) in [6.45, 7) is 5.53. The maximum Gasteiger partial charge on any atom is 0.339 e. The predicted molar refractivity (Wildman–Crippen MR) is 108 cm³/mol. The fraction of sp³-hybridized carbons (Fsp3) is 0.250. The summed E-state index contributed by atoms with van der Waals surface area (Å²) < 4.78 is 7.24. The highest BCUT2D eigenvalue weighted by molar-refractivity contribution is 7.99. The van der Waals surface area contributed by atoms with Gasteiger partial charge in [0, 0.05) is 33.4 Å². The molecule has 0 aliphatic heterocycles. The third kappa shape index (κ3) is 4.14. The van der Waals surface area contributed by atoms with Crippen molar-refractivity contribution in [2.45, 2.75) is 25.7 Å². The van der Waals surface area contributed by atoms with Crippen molar-refractivity contribution in [1.29, 1.82) is 0 Å². The van der Waals surface area contributed by atoms with Crippen LogP contribution >= 0.6 is 23.1 Å². The molecule has 0 bridgehead atoms. The second-order valence-electron chi connectivity index (χ2n) is 5.86. The molecule has 0 N–H and O–H groups in total. The van der Waals surface area contributed by atoms with Crippen LogP contribution in [0.5, 0.6) is 0 Å². The molecular weight excluding hydrogens is 380 g/mol. The molecule has 3 aromatic rings. The van der Waals surface area contributed by atoms with Crippen LogP contribution in [0.3, 0.4) is 0 Å². The van der Waals surface area contributed by atoms with Gasteiger partial charge in [-0.05, 0) is 37.8 Å². The van der Waals surface area contributed by atoms with E-state index in [-0.39, 0.29) is 12.4 Å². The van der Waals surface area contributed by atoms with E-state index in [0.29, 0.717) is 11.1 Å². The first-order valence-electron chi connectivity index (χ1n) is 8.53. The number of rotatable bonds is 7. The van der Waals surface area contributed by atoms with Crippen LogP contribution in [0.25, 0.3) is 5.13 Å². The van der Waals surface area contributed by atoms with Crippen LogP contribution in [0.4, 0.5) is 0 Å². The molecule has 0 amide bonds. The standard InChI is InChI=1S/C20H20N2O3S2/c1-4-26-18-8-6-5-7-15(18)19(24)25-12-17(23)16-11-13(2)22(14(16)3)20-21-9-10-27-20/h5-11H,4,12H2,1-3H3. The lowest BCUT2D eigenvalue weighted by molar-refractivity contribution is 0.0471. The molecular formula is C20H20N2O3S2. The molecule has 2 heterocycles. The molecule has 0 radical (unpaired) electrons. The van der Waals surface area contributed by atoms with Crippen LogP contribution in [0, 0.1) is 13.8 Å². The van der Waals surface area contributed by atoms with Gasteiger partial charge in [0.1, 0.15) is 0 Å². The summed E-state index contributed by atoms with van der Waals surface area (Å²) in [6.07, 6.45) is 1.73. The second-order valence-corrected chi connectivity index (χ2v) is 8.04. The topological polar surface area (TPSA) is 61.2 Å². The molecule has 0 saturated carbocycles. The van der Waals surface area contributed by atoms with Gasteiger partial charge in [0.25, 0.3) is 0 Å². The number of benzene rings is 1. The van der Waals surface area contributed by atoms with Crippen molar-refractivity contribution in [3.63, 3.8) is 0 Å². The van der Waals surface area contributed by atoms with Crippen molar-refractivity contribution in [1.82, 2.24) is 9.55 Å². The Morgan fingerprint density at radius 1 is 1.22 bits per heavy atom. The number of carbonyl (C=O) groups is 2. The van der Waals surface area contributed by atoms with E-state index < -0.39 is 5.97 Å². The molecule has 5 nitrogen and oxygen atoms in total. The van der Waals surface area contributed by atoms with Gasteiger partial charge >= 0.3 is 5.97 Å². The SMILES string of the molecule is CCSc1ccccc1C(=O)OCC(=O)c1cc(C)n(-c2nccs2)c1C. The van der Waals surface area contributed by atoms with E-state index in [1.807, 2.05) is 48.9 Å². The van der Waals surface area contributed by atoms with Crippen LogP contribution < -0.4 is 0 Å². The number of nitrogens with zero attached hydrogens (tertiary/aromatic N) is 2. The Morgan fingerprint density at radius 3 is 2.70 bits per heavy atom. The highest BCUT2D eigenvalue weighted by atomic mass is 32.2. The Morgan fingerprint density at radius 2 is 2.00 bits per heavy atom. The number of carbonyl (C=O) groups excluding carboxylic acids is 2. The average molecular weight is 401 g/mol. The fourth-order valence-corrected chi connectivity index (χ4v) is 4.41. The van der Waals surface area contributed by atoms with E-state index in [9.17, 15) is 9.59 Å². The largest absolute Gasteiger partial charge is 0.454 e. The smallest absolute Gasteiger partial charge is 0.339 e. The summed E-state index contributed by atoms with van der Waals surface area (Å²) in [5.74, 6) is 0.153. The van der Waals surface area contributed by atoms with Gasteiger partial charge in [-0.1, -0.05) is 19.1 Å². The summed E-state index contributed by atoms with van der Waals surface area (Å²) in [5, 5.41) is 2.70. The van der Waals surface area contributed by atoms with E-state index in [1.165, 1.54) is 11.3 Å². The second kappa shape index (κ2) is 8.54. The molecule has 0 spiro atoms. The van der Waals surface area contributed by atoms with Gasteiger partial charge in [-0.2, -0.15) is 0 Å². The van der Waals surface area contributed by atoms with Gasteiger partial charge in [-0.3, -0.25) is 9.36 Å². The number of ether oxygens (including phenoxy) is 1. The lowest BCUT2D eigenvalue weighted by atomic mass is 10.1. The number of hydrogen-bond acceptors (Lipinski definition) is 6. The average Bonchev–Trinajstić information content (AvgIpc) is 3.28. The highest BCUT2D eigenvalue weighted by Crippen LogP contribution is 2.24. The lowest BCUT2D eigenvalue weighted by Gasteiger charge is -2.08. The zero-order valence-corrected chi connectivity index (χ0v) is 17.0. The Labute approximate surface area is 166 Å². The van der Waals surface area contributed by atoms with Gasteiger partial charge in [0.15, 0.2) is 11.7 Å². The summed E-state index contributed by atoms with van der Waals surface area (Å²) >= 11 is 3.08. The lowest BCUT2D eigenvalue weighted by Crippen LogP contribution is -2.15. The number of hydrogen-bond donors (Lipinski definition) is 0. The number of thioether (sulfide) groups is 1. The zero-order chi connectivity index (χ0) is 19.4. The van der Waals surface area contributed by atoms with Crippen LogP contribution in [-0.4, -0.2) is 33.7 Å². The van der Waals surface area contributed by atoms with E-state index in [1.54, 1.807) is 30.1 Å². The monoisotopic (exact) mass is 400 g/mol. The molecule has 27 heavy (non-hydrogen) atoms.